The van der Waals surface area contributed by atoms with E-state index in [2.05, 4.69) is 10.6 Å². The molecule has 0 radical (unpaired) electrons. The van der Waals surface area contributed by atoms with Gasteiger partial charge in [0.05, 0.1) is 0 Å². The van der Waals surface area contributed by atoms with E-state index in [1.165, 1.54) is 18.9 Å². The molecule has 2 N–H and O–H groups in total. The molecule has 3 unspecified atom stereocenters. The minimum Gasteiger partial charge on any atom is -0.353 e. The standard InChI is InChI=1S/C18H25FN2O.ClH/c1-12(6-7-13-4-2-3-5-17(13)19)18(22)21-16-10-14-8-9-15(11-16)20-14;/h2-5,12,14-16,20H,6-11H2,1H3,(H,21,22);1H. The normalized spacial score (nSPS) is 27.1. The van der Waals surface area contributed by atoms with E-state index in [0.717, 1.165) is 12.8 Å². The van der Waals surface area contributed by atoms with Crippen molar-refractivity contribution in [2.45, 2.75) is 63.6 Å². The number of amides is 1. The Morgan fingerprint density at radius 2 is 1.96 bits per heavy atom. The van der Waals surface area contributed by atoms with Gasteiger partial charge in [-0.15, -0.1) is 12.4 Å². The zero-order valence-electron chi connectivity index (χ0n) is 13.6. The van der Waals surface area contributed by atoms with Gasteiger partial charge in [-0.3, -0.25) is 4.79 Å². The van der Waals surface area contributed by atoms with Crippen LogP contribution in [0.15, 0.2) is 24.3 Å². The number of hydrogen-bond donors (Lipinski definition) is 2. The summed E-state index contributed by atoms with van der Waals surface area (Å²) in [7, 11) is 0. The van der Waals surface area contributed by atoms with E-state index in [1.807, 2.05) is 13.0 Å². The van der Waals surface area contributed by atoms with E-state index in [4.69, 9.17) is 0 Å². The first-order valence-electron chi connectivity index (χ1n) is 8.41. The first-order valence-corrected chi connectivity index (χ1v) is 8.41. The van der Waals surface area contributed by atoms with Gasteiger partial charge in [0.25, 0.3) is 0 Å². The number of halogens is 2. The van der Waals surface area contributed by atoms with Gasteiger partial charge in [-0.25, -0.2) is 4.39 Å². The van der Waals surface area contributed by atoms with E-state index in [-0.39, 0.29) is 30.0 Å². The summed E-state index contributed by atoms with van der Waals surface area (Å²) in [5, 5.41) is 6.78. The Labute approximate surface area is 143 Å². The van der Waals surface area contributed by atoms with Crippen LogP contribution in [0, 0.1) is 11.7 Å². The second kappa shape index (κ2) is 8.11. The van der Waals surface area contributed by atoms with Crippen LogP contribution in [0.25, 0.3) is 0 Å². The molecule has 3 rings (SSSR count). The topological polar surface area (TPSA) is 41.1 Å². The highest BCUT2D eigenvalue weighted by Crippen LogP contribution is 2.27. The van der Waals surface area contributed by atoms with Crippen molar-refractivity contribution in [3.8, 4) is 0 Å². The fourth-order valence-corrected chi connectivity index (χ4v) is 3.72. The summed E-state index contributed by atoms with van der Waals surface area (Å²) in [4.78, 5) is 12.3. The van der Waals surface area contributed by atoms with E-state index in [9.17, 15) is 9.18 Å². The zero-order chi connectivity index (χ0) is 15.5. The van der Waals surface area contributed by atoms with Crippen molar-refractivity contribution in [3.63, 3.8) is 0 Å². The molecular weight excluding hydrogens is 315 g/mol. The smallest absolute Gasteiger partial charge is 0.223 e. The molecule has 1 amide bonds. The van der Waals surface area contributed by atoms with Crippen LogP contribution >= 0.6 is 12.4 Å². The summed E-state index contributed by atoms with van der Waals surface area (Å²) in [5.74, 6) is -0.139. The van der Waals surface area contributed by atoms with Crippen LogP contribution in [0.2, 0.25) is 0 Å². The van der Waals surface area contributed by atoms with Gasteiger partial charge < -0.3 is 10.6 Å². The Hall–Kier alpha value is -1.13. The van der Waals surface area contributed by atoms with Gasteiger partial charge >= 0.3 is 0 Å². The second-order valence-electron chi connectivity index (χ2n) is 6.85. The van der Waals surface area contributed by atoms with Crippen LogP contribution in [-0.2, 0) is 11.2 Å². The van der Waals surface area contributed by atoms with Gasteiger partial charge in [0.15, 0.2) is 0 Å². The van der Waals surface area contributed by atoms with Crippen molar-refractivity contribution in [1.82, 2.24) is 10.6 Å². The fourth-order valence-electron chi connectivity index (χ4n) is 3.72. The summed E-state index contributed by atoms with van der Waals surface area (Å²) in [6.45, 7) is 1.94. The van der Waals surface area contributed by atoms with Gasteiger partial charge in [-0.1, -0.05) is 25.1 Å². The summed E-state index contributed by atoms with van der Waals surface area (Å²) in [6.07, 6.45) is 5.85. The Morgan fingerprint density at radius 3 is 2.61 bits per heavy atom. The van der Waals surface area contributed by atoms with Crippen molar-refractivity contribution in [2.24, 2.45) is 5.92 Å². The van der Waals surface area contributed by atoms with Crippen LogP contribution in [0.3, 0.4) is 0 Å². The first kappa shape index (κ1) is 18.2. The van der Waals surface area contributed by atoms with Crippen LogP contribution in [0.1, 0.15) is 44.6 Å². The molecule has 23 heavy (non-hydrogen) atoms. The van der Waals surface area contributed by atoms with Gasteiger partial charge in [0.1, 0.15) is 5.82 Å². The minimum atomic E-state index is -0.176. The van der Waals surface area contributed by atoms with E-state index in [0.29, 0.717) is 36.5 Å². The van der Waals surface area contributed by atoms with Gasteiger partial charge in [-0.05, 0) is 50.2 Å². The molecule has 3 atom stereocenters. The van der Waals surface area contributed by atoms with Crippen LogP contribution in [0.5, 0.6) is 0 Å². The molecule has 2 fully saturated rings. The van der Waals surface area contributed by atoms with Crippen molar-refractivity contribution in [1.29, 1.82) is 0 Å². The summed E-state index contributed by atoms with van der Waals surface area (Å²) in [6, 6.07) is 8.28. The monoisotopic (exact) mass is 340 g/mol. The molecule has 1 aromatic rings. The maximum atomic E-state index is 13.6. The molecule has 5 heteroatoms. The number of aryl methyl sites for hydroxylation is 1. The Morgan fingerprint density at radius 1 is 1.30 bits per heavy atom. The lowest BCUT2D eigenvalue weighted by atomic mass is 9.96. The van der Waals surface area contributed by atoms with E-state index < -0.39 is 0 Å². The van der Waals surface area contributed by atoms with E-state index >= 15 is 0 Å². The molecule has 2 heterocycles. The SMILES string of the molecule is CC(CCc1ccccc1F)C(=O)NC1CC2CCC(C1)N2.Cl. The highest BCUT2D eigenvalue weighted by Gasteiger charge is 2.34. The van der Waals surface area contributed by atoms with Gasteiger partial charge in [0.2, 0.25) is 5.91 Å². The second-order valence-corrected chi connectivity index (χ2v) is 6.85. The highest BCUT2D eigenvalue weighted by molar-refractivity contribution is 5.85. The lowest BCUT2D eigenvalue weighted by Crippen LogP contribution is -2.49. The third-order valence-electron chi connectivity index (χ3n) is 5.07. The maximum Gasteiger partial charge on any atom is 0.223 e. The van der Waals surface area contributed by atoms with Crippen LogP contribution < -0.4 is 10.6 Å². The molecule has 2 saturated heterocycles. The van der Waals surface area contributed by atoms with Crippen molar-refractivity contribution < 1.29 is 9.18 Å². The molecule has 0 aromatic heterocycles. The predicted octanol–water partition coefficient (Wildman–Crippen LogP) is 3.22. The summed E-state index contributed by atoms with van der Waals surface area (Å²) in [5.41, 5.74) is 0.696. The molecule has 0 saturated carbocycles. The molecule has 0 aliphatic carbocycles. The number of piperidine rings is 1. The molecule has 128 valence electrons. The number of hydrogen-bond acceptors (Lipinski definition) is 2. The molecule has 1 aromatic carbocycles. The average Bonchev–Trinajstić information content (AvgIpc) is 2.85. The Kier molecular flexibility index (Phi) is 6.42. The molecular formula is C18H26ClFN2O. The van der Waals surface area contributed by atoms with Crippen molar-refractivity contribution in [3.05, 3.63) is 35.6 Å². The van der Waals surface area contributed by atoms with E-state index in [1.54, 1.807) is 12.1 Å². The lowest BCUT2D eigenvalue weighted by Gasteiger charge is -2.30. The third kappa shape index (κ3) is 4.67. The summed E-state index contributed by atoms with van der Waals surface area (Å²) >= 11 is 0. The molecule has 0 spiro atoms. The van der Waals surface area contributed by atoms with Crippen LogP contribution in [-0.4, -0.2) is 24.0 Å². The summed E-state index contributed by atoms with van der Waals surface area (Å²) < 4.78 is 13.6. The number of carbonyl (C=O) groups is 1. The third-order valence-corrected chi connectivity index (χ3v) is 5.07. The predicted molar refractivity (Wildman–Crippen MR) is 92.2 cm³/mol. The zero-order valence-corrected chi connectivity index (χ0v) is 14.4. The Balaban J connectivity index is 0.00000192. The minimum absolute atomic E-state index is 0. The highest BCUT2D eigenvalue weighted by atomic mass is 35.5. The number of rotatable bonds is 5. The number of benzene rings is 1. The first-order chi connectivity index (χ1) is 10.6. The van der Waals surface area contributed by atoms with Crippen LogP contribution in [0.4, 0.5) is 4.39 Å². The van der Waals surface area contributed by atoms with Crippen molar-refractivity contribution >= 4 is 18.3 Å². The van der Waals surface area contributed by atoms with Gasteiger partial charge in [0, 0.05) is 24.0 Å². The lowest BCUT2D eigenvalue weighted by molar-refractivity contribution is -0.125. The number of fused-ring (bicyclic) bond motifs is 2. The van der Waals surface area contributed by atoms with Crippen molar-refractivity contribution in [2.75, 3.05) is 0 Å². The van der Waals surface area contributed by atoms with Gasteiger partial charge in [-0.2, -0.15) is 0 Å². The fraction of sp³-hybridized carbons (Fsp3) is 0.611. The largest absolute Gasteiger partial charge is 0.353 e. The Bertz CT molecular complexity index is 528. The number of carbonyl (C=O) groups excluding carboxylic acids is 1. The molecule has 3 nitrogen and oxygen atoms in total. The number of nitrogens with one attached hydrogen (secondary N) is 2. The maximum absolute atomic E-state index is 13.6. The molecule has 2 aliphatic heterocycles. The molecule has 2 bridgehead atoms. The average molecular weight is 341 g/mol. The quantitative estimate of drug-likeness (QED) is 0.864. The molecule has 2 aliphatic rings.